The average Bonchev–Trinajstić information content (AvgIpc) is 2.90. The van der Waals surface area contributed by atoms with Crippen molar-refractivity contribution < 1.29 is 9.53 Å². The summed E-state index contributed by atoms with van der Waals surface area (Å²) >= 11 is 0. The smallest absolute Gasteiger partial charge is 0.283 e. The van der Waals surface area contributed by atoms with E-state index in [4.69, 9.17) is 4.74 Å². The van der Waals surface area contributed by atoms with Crippen molar-refractivity contribution in [2.24, 2.45) is 9.36 Å². The van der Waals surface area contributed by atoms with E-state index in [0.717, 1.165) is 10.6 Å². The highest BCUT2D eigenvalue weighted by Crippen LogP contribution is 2.28. The lowest BCUT2D eigenvalue weighted by molar-refractivity contribution is 0.100. The second-order valence-electron chi connectivity index (χ2n) is 4.15. The number of aliphatic imine (C=N–C) groups is 1. The Balaban J connectivity index is 1.93. The first-order chi connectivity index (χ1) is 9.78. The largest absolute Gasteiger partial charge is 0.497 e. The molecule has 0 aliphatic carbocycles. The zero-order valence-electron chi connectivity index (χ0n) is 10.8. The van der Waals surface area contributed by atoms with E-state index in [0.29, 0.717) is 11.3 Å². The van der Waals surface area contributed by atoms with Gasteiger partial charge in [0.1, 0.15) is 5.75 Å². The molecule has 0 N–H and O–H groups in total. The molecule has 0 bridgehead atoms. The lowest BCUT2D eigenvalue weighted by atomic mass is 10.2. The van der Waals surface area contributed by atoms with Crippen molar-refractivity contribution in [1.82, 2.24) is 0 Å². The number of carbonyl (C=O) groups is 1. The SMILES string of the molecule is COc1cccc(C(=O)N=S2C=Nc3ccccc32)c1. The van der Waals surface area contributed by atoms with Crippen molar-refractivity contribution in [3.05, 3.63) is 54.1 Å². The molecule has 3 rings (SSSR count). The number of rotatable bonds is 2. The molecule has 0 aromatic heterocycles. The summed E-state index contributed by atoms with van der Waals surface area (Å²) in [5.74, 6) is 0.394. The quantitative estimate of drug-likeness (QED) is 0.849. The van der Waals surface area contributed by atoms with Gasteiger partial charge in [0.05, 0.1) is 23.2 Å². The summed E-state index contributed by atoms with van der Waals surface area (Å²) in [7, 11) is 0.973. The Morgan fingerprint density at radius 3 is 2.90 bits per heavy atom. The van der Waals surface area contributed by atoms with E-state index >= 15 is 0 Å². The maximum absolute atomic E-state index is 12.2. The standard InChI is InChI=1S/C15H12N2O2S/c1-19-12-6-4-5-11(9-12)15(18)17-20-10-16-13-7-2-3-8-14(13)20/h2-10H,1H3. The summed E-state index contributed by atoms with van der Waals surface area (Å²) in [6, 6.07) is 14.7. The number of hydrogen-bond donors (Lipinski definition) is 0. The Bertz CT molecular complexity index is 738. The van der Waals surface area contributed by atoms with Crippen LogP contribution in [-0.2, 0) is 10.7 Å². The molecule has 0 saturated carbocycles. The van der Waals surface area contributed by atoms with Crippen molar-refractivity contribution in [1.29, 1.82) is 0 Å². The van der Waals surface area contributed by atoms with Gasteiger partial charge in [0.15, 0.2) is 0 Å². The third-order valence-corrected chi connectivity index (χ3v) is 4.34. The van der Waals surface area contributed by atoms with Crippen LogP contribution in [0.3, 0.4) is 0 Å². The molecule has 2 aromatic rings. The van der Waals surface area contributed by atoms with Gasteiger partial charge < -0.3 is 4.74 Å². The van der Waals surface area contributed by atoms with Crippen LogP contribution >= 0.6 is 0 Å². The number of methoxy groups -OCH3 is 1. The summed E-state index contributed by atoms with van der Waals surface area (Å²) < 4.78 is 9.36. The van der Waals surface area contributed by atoms with E-state index in [-0.39, 0.29) is 5.91 Å². The molecule has 20 heavy (non-hydrogen) atoms. The van der Waals surface area contributed by atoms with Crippen LogP contribution < -0.4 is 4.74 Å². The van der Waals surface area contributed by atoms with Gasteiger partial charge in [-0.15, -0.1) is 0 Å². The normalized spacial score (nSPS) is 16.1. The van der Waals surface area contributed by atoms with Crippen LogP contribution in [0.2, 0.25) is 0 Å². The van der Waals surface area contributed by atoms with Crippen LogP contribution in [-0.4, -0.2) is 18.6 Å². The molecule has 0 saturated heterocycles. The Labute approximate surface area is 119 Å². The summed E-state index contributed by atoms with van der Waals surface area (Å²) in [5, 5.41) is 0. The number of fused-ring (bicyclic) bond motifs is 1. The highest BCUT2D eigenvalue weighted by molar-refractivity contribution is 8.01. The zero-order chi connectivity index (χ0) is 13.9. The predicted octanol–water partition coefficient (Wildman–Crippen LogP) is 3.37. The number of amides is 1. The highest BCUT2D eigenvalue weighted by atomic mass is 32.2. The summed E-state index contributed by atoms with van der Waals surface area (Å²) in [6.45, 7) is 0. The van der Waals surface area contributed by atoms with Crippen molar-refractivity contribution in [3.63, 3.8) is 0 Å². The van der Waals surface area contributed by atoms with Crippen LogP contribution in [0.4, 0.5) is 5.69 Å². The zero-order valence-corrected chi connectivity index (χ0v) is 11.6. The molecular formula is C15H12N2O2S. The molecular weight excluding hydrogens is 272 g/mol. The molecule has 1 aliphatic heterocycles. The van der Waals surface area contributed by atoms with Gasteiger partial charge in [-0.2, -0.15) is 4.36 Å². The molecule has 4 nitrogen and oxygen atoms in total. The van der Waals surface area contributed by atoms with Gasteiger partial charge in [0.2, 0.25) is 0 Å². The van der Waals surface area contributed by atoms with Gasteiger partial charge in [0, 0.05) is 5.56 Å². The molecule has 0 fully saturated rings. The monoisotopic (exact) mass is 284 g/mol. The molecule has 0 radical (unpaired) electrons. The summed E-state index contributed by atoms with van der Waals surface area (Å²) in [6.07, 6.45) is 0. The molecule has 1 aliphatic rings. The topological polar surface area (TPSA) is 51.0 Å². The lowest BCUT2D eigenvalue weighted by Crippen LogP contribution is -1.99. The maximum atomic E-state index is 12.2. The molecule has 1 unspecified atom stereocenters. The third kappa shape index (κ3) is 2.40. The van der Waals surface area contributed by atoms with E-state index in [2.05, 4.69) is 9.36 Å². The van der Waals surface area contributed by atoms with Crippen LogP contribution in [0.1, 0.15) is 10.4 Å². The predicted molar refractivity (Wildman–Crippen MR) is 80.0 cm³/mol. The number of nitrogens with zero attached hydrogens (tertiary/aromatic N) is 2. The van der Waals surface area contributed by atoms with Crippen LogP contribution in [0, 0.1) is 0 Å². The van der Waals surface area contributed by atoms with E-state index in [1.54, 1.807) is 36.9 Å². The van der Waals surface area contributed by atoms with E-state index in [1.807, 2.05) is 24.3 Å². The first-order valence-electron chi connectivity index (χ1n) is 6.04. The van der Waals surface area contributed by atoms with E-state index in [1.165, 1.54) is 0 Å². The first kappa shape index (κ1) is 12.7. The van der Waals surface area contributed by atoms with E-state index < -0.39 is 10.7 Å². The van der Waals surface area contributed by atoms with Crippen LogP contribution in [0.25, 0.3) is 0 Å². The number of para-hydroxylation sites is 1. The van der Waals surface area contributed by atoms with Crippen molar-refractivity contribution in [2.75, 3.05) is 7.11 Å². The van der Waals surface area contributed by atoms with Gasteiger partial charge in [0.25, 0.3) is 5.91 Å². The molecule has 100 valence electrons. The minimum absolute atomic E-state index is 0.254. The number of hydrogen-bond acceptors (Lipinski definition) is 3. The molecule has 1 atom stereocenters. The average molecular weight is 284 g/mol. The van der Waals surface area contributed by atoms with Gasteiger partial charge in [-0.3, -0.25) is 4.79 Å². The Kier molecular flexibility index (Phi) is 3.43. The first-order valence-corrected chi connectivity index (χ1v) is 7.29. The van der Waals surface area contributed by atoms with Crippen LogP contribution in [0.5, 0.6) is 5.75 Å². The summed E-state index contributed by atoms with van der Waals surface area (Å²) in [4.78, 5) is 17.5. The molecule has 2 aromatic carbocycles. The molecule has 1 amide bonds. The minimum Gasteiger partial charge on any atom is -0.497 e. The third-order valence-electron chi connectivity index (χ3n) is 2.88. The Hall–Kier alpha value is -2.27. The van der Waals surface area contributed by atoms with Gasteiger partial charge in [-0.1, -0.05) is 18.2 Å². The molecule has 1 heterocycles. The molecule has 0 spiro atoms. The van der Waals surface area contributed by atoms with Crippen molar-refractivity contribution in [3.8, 4) is 5.75 Å². The van der Waals surface area contributed by atoms with Gasteiger partial charge >= 0.3 is 0 Å². The number of ether oxygens (including phenoxy) is 1. The highest BCUT2D eigenvalue weighted by Gasteiger charge is 2.14. The van der Waals surface area contributed by atoms with Gasteiger partial charge in [-0.25, -0.2) is 4.99 Å². The Morgan fingerprint density at radius 1 is 1.20 bits per heavy atom. The fourth-order valence-corrected chi connectivity index (χ4v) is 3.18. The Morgan fingerprint density at radius 2 is 2.05 bits per heavy atom. The second-order valence-corrected chi connectivity index (χ2v) is 5.61. The second kappa shape index (κ2) is 5.38. The molecule has 5 heteroatoms. The van der Waals surface area contributed by atoms with Crippen molar-refractivity contribution >= 4 is 27.8 Å². The van der Waals surface area contributed by atoms with Crippen LogP contribution in [0.15, 0.2) is 62.8 Å². The van der Waals surface area contributed by atoms with Gasteiger partial charge in [-0.05, 0) is 41.0 Å². The summed E-state index contributed by atoms with van der Waals surface area (Å²) in [5.41, 5.74) is 3.13. The fourth-order valence-electron chi connectivity index (χ4n) is 1.88. The number of carbonyl (C=O) groups excluding carboxylic acids is 1. The minimum atomic E-state index is -0.598. The van der Waals surface area contributed by atoms with E-state index in [9.17, 15) is 4.79 Å². The lowest BCUT2D eigenvalue weighted by Gasteiger charge is -2.02. The number of benzene rings is 2. The fraction of sp³-hybridized carbons (Fsp3) is 0.0667. The van der Waals surface area contributed by atoms with Crippen molar-refractivity contribution in [2.45, 2.75) is 4.90 Å². The maximum Gasteiger partial charge on any atom is 0.283 e.